The van der Waals surface area contributed by atoms with E-state index in [2.05, 4.69) is 42.1 Å². The highest BCUT2D eigenvalue weighted by Crippen LogP contribution is 2.24. The van der Waals surface area contributed by atoms with Gasteiger partial charge in [-0.15, -0.1) is 0 Å². The minimum absolute atomic E-state index is 0.0163. The number of hydrogen-bond acceptors (Lipinski definition) is 14. The molecule has 1 unspecified atom stereocenters. The highest BCUT2D eigenvalue weighted by molar-refractivity contribution is 6.02. The van der Waals surface area contributed by atoms with Crippen LogP contribution in [0.25, 0.3) is 0 Å². The van der Waals surface area contributed by atoms with E-state index in [9.17, 15) is 43.5 Å². The maximum Gasteiger partial charge on any atom is 0.408 e. The molecular formula is C56H65N11O12. The Hall–Kier alpha value is -8.80. The molecule has 5 aromatic rings. The molecule has 0 bridgehead atoms. The van der Waals surface area contributed by atoms with Crippen LogP contribution in [0.4, 0.5) is 32.3 Å². The predicted molar refractivity (Wildman–Crippen MR) is 290 cm³/mol. The Morgan fingerprint density at radius 3 is 1.90 bits per heavy atom. The average Bonchev–Trinajstić information content (AvgIpc) is 4.04. The summed E-state index contributed by atoms with van der Waals surface area (Å²) in [7, 11) is 0. The lowest BCUT2D eigenvalue weighted by Crippen LogP contribution is -2.55. The molecule has 0 radical (unpaired) electrons. The van der Waals surface area contributed by atoms with Crippen LogP contribution in [0.15, 0.2) is 132 Å². The molecule has 416 valence electrons. The molecule has 4 atom stereocenters. The highest BCUT2D eigenvalue weighted by Gasteiger charge is 2.33. The summed E-state index contributed by atoms with van der Waals surface area (Å²) in [5.41, 5.74) is 3.69. The molecule has 0 spiro atoms. The number of aliphatic hydroxyl groups excluding tert-OH is 1. The van der Waals surface area contributed by atoms with Gasteiger partial charge in [-0.3, -0.25) is 28.8 Å². The third-order valence-corrected chi connectivity index (χ3v) is 13.5. The molecule has 0 aliphatic carbocycles. The Kier molecular flexibility index (Phi) is 20.0. The lowest BCUT2D eigenvalue weighted by Gasteiger charge is -2.36. The molecule has 0 saturated carbocycles. The second kappa shape index (κ2) is 28.0. The first-order valence-corrected chi connectivity index (χ1v) is 26.2. The van der Waals surface area contributed by atoms with Gasteiger partial charge in [-0.05, 0) is 78.2 Å². The van der Waals surface area contributed by atoms with Crippen molar-refractivity contribution in [2.75, 3.05) is 99.6 Å². The van der Waals surface area contributed by atoms with Gasteiger partial charge < -0.3 is 75.8 Å². The minimum Gasteiger partial charge on any atom is -0.459 e. The van der Waals surface area contributed by atoms with E-state index in [1.54, 1.807) is 81.4 Å². The molecule has 9 amide bonds. The third kappa shape index (κ3) is 16.4. The summed E-state index contributed by atoms with van der Waals surface area (Å²) in [5.74, 6) is -3.15. The van der Waals surface area contributed by atoms with E-state index >= 15 is 0 Å². The summed E-state index contributed by atoms with van der Waals surface area (Å²) in [6, 6.07) is 30.5. The van der Waals surface area contributed by atoms with Gasteiger partial charge in [0.25, 0.3) is 5.91 Å². The van der Waals surface area contributed by atoms with Crippen molar-refractivity contribution in [3.05, 3.63) is 144 Å². The molecule has 79 heavy (non-hydrogen) atoms. The minimum atomic E-state index is -1.31. The maximum atomic E-state index is 14.1. The largest absolute Gasteiger partial charge is 0.459 e. The number of furan rings is 1. The smallest absolute Gasteiger partial charge is 0.408 e. The van der Waals surface area contributed by atoms with Crippen LogP contribution < -0.4 is 42.1 Å². The Bertz CT molecular complexity index is 2860. The molecule has 4 aromatic carbocycles. The van der Waals surface area contributed by atoms with E-state index in [0.29, 0.717) is 82.6 Å². The lowest BCUT2D eigenvalue weighted by atomic mass is 10.0. The van der Waals surface area contributed by atoms with Crippen molar-refractivity contribution in [1.29, 1.82) is 0 Å². The van der Waals surface area contributed by atoms with Crippen LogP contribution in [0.2, 0.25) is 0 Å². The van der Waals surface area contributed by atoms with Gasteiger partial charge in [0.2, 0.25) is 29.5 Å². The van der Waals surface area contributed by atoms with Crippen LogP contribution >= 0.6 is 0 Å². The molecule has 4 heterocycles. The average molecular weight is 1080 g/mol. The number of ether oxygens (including phenoxy) is 2. The third-order valence-electron chi connectivity index (χ3n) is 13.5. The quantitative estimate of drug-likeness (QED) is 0.0556. The standard InChI is InChI=1S/C56H65N11O12/c68-29-20-44(63-56(76)79-37-38-9-3-1-4-10-38)51(71)59-41-16-18-43(19-17-41)64-23-25-65(26-24-64)49(69)34-45(61-54(74)48-15-8-30-78-48)52(72)60-42-14-7-11-39(33-42)47-36-67(22-21-57-47)50(70)35-46(53(73)58-40-12-5-2-6-13-40)62-55(75)66-27-31-77-32-28-66/h1-19,30,33,44-47,57,68H,20-29,31-32,34-37H2,(H,58,73)(H,59,71)(H,60,72)(H,61,74)(H,62,75)(H,63,76)/t44-,45-,46-,47?/m0/s1. The van der Waals surface area contributed by atoms with Crippen LogP contribution in [-0.2, 0) is 40.1 Å². The normalized spacial score (nSPS) is 16.5. The van der Waals surface area contributed by atoms with Crippen molar-refractivity contribution in [3.63, 3.8) is 0 Å². The van der Waals surface area contributed by atoms with E-state index in [1.165, 1.54) is 18.4 Å². The Balaban J connectivity index is 0.846. The maximum absolute atomic E-state index is 14.1. The highest BCUT2D eigenvalue weighted by atomic mass is 16.5. The number of urea groups is 1. The molecule has 3 fully saturated rings. The summed E-state index contributed by atoms with van der Waals surface area (Å²) >= 11 is 0. The topological polar surface area (TPSA) is 286 Å². The number of amides is 9. The van der Waals surface area contributed by atoms with Crippen molar-refractivity contribution < 1.29 is 57.4 Å². The van der Waals surface area contributed by atoms with Crippen molar-refractivity contribution >= 4 is 70.3 Å². The zero-order valence-corrected chi connectivity index (χ0v) is 43.5. The number of para-hydroxylation sites is 1. The van der Waals surface area contributed by atoms with Crippen LogP contribution in [0.3, 0.4) is 0 Å². The number of carbonyl (C=O) groups excluding carboxylic acids is 8. The molecule has 3 saturated heterocycles. The van der Waals surface area contributed by atoms with Crippen LogP contribution in [-0.4, -0.2) is 164 Å². The Morgan fingerprint density at radius 1 is 0.608 bits per heavy atom. The van der Waals surface area contributed by atoms with Crippen molar-refractivity contribution in [2.45, 2.75) is 50.0 Å². The summed E-state index contributed by atoms with van der Waals surface area (Å²) in [4.78, 5) is 115. The number of rotatable bonds is 20. The fourth-order valence-corrected chi connectivity index (χ4v) is 9.19. The molecule has 3 aliphatic heterocycles. The first-order chi connectivity index (χ1) is 38.4. The monoisotopic (exact) mass is 1080 g/mol. The number of nitrogens with one attached hydrogen (secondary N) is 7. The number of anilines is 4. The van der Waals surface area contributed by atoms with E-state index < -0.39 is 53.9 Å². The van der Waals surface area contributed by atoms with Crippen molar-refractivity contribution in [3.8, 4) is 0 Å². The van der Waals surface area contributed by atoms with Gasteiger partial charge in [0.15, 0.2) is 5.76 Å². The van der Waals surface area contributed by atoms with Crippen molar-refractivity contribution in [2.24, 2.45) is 0 Å². The van der Waals surface area contributed by atoms with Gasteiger partial charge in [-0.1, -0.05) is 60.7 Å². The van der Waals surface area contributed by atoms with Gasteiger partial charge in [0, 0.05) is 88.3 Å². The molecular weight excluding hydrogens is 1020 g/mol. The zero-order chi connectivity index (χ0) is 55.5. The summed E-state index contributed by atoms with van der Waals surface area (Å²) in [6.45, 7) is 3.60. The molecule has 8 rings (SSSR count). The number of aliphatic hydroxyl groups is 1. The van der Waals surface area contributed by atoms with Crippen LogP contribution in [0.5, 0.6) is 0 Å². The molecule has 23 heteroatoms. The second-order valence-electron chi connectivity index (χ2n) is 19.0. The molecule has 8 N–H and O–H groups in total. The number of alkyl carbamates (subject to hydrolysis) is 1. The Morgan fingerprint density at radius 2 is 1.23 bits per heavy atom. The molecule has 23 nitrogen and oxygen atoms in total. The van der Waals surface area contributed by atoms with Crippen LogP contribution in [0.1, 0.15) is 47.0 Å². The molecule has 1 aromatic heterocycles. The predicted octanol–water partition coefficient (Wildman–Crippen LogP) is 3.28. The zero-order valence-electron chi connectivity index (χ0n) is 43.5. The summed E-state index contributed by atoms with van der Waals surface area (Å²) in [5, 5.41) is 29.4. The second-order valence-corrected chi connectivity index (χ2v) is 19.0. The van der Waals surface area contributed by atoms with Gasteiger partial charge >= 0.3 is 12.1 Å². The number of carbonyl (C=O) groups is 8. The SMILES string of the molecule is O=C(N[C@@H](CCO)C(=O)Nc1ccc(N2CCN(C(=O)C[C@H](NC(=O)c3ccco3)C(=O)Nc3cccc(C4CN(C(=O)C[C@H](NC(=O)N5CCOCC5)C(=O)Nc5ccccc5)CCN4)c3)CC2)cc1)OCc1ccccc1. The number of morpholine rings is 1. The van der Waals surface area contributed by atoms with E-state index in [1.807, 2.05) is 42.5 Å². The first kappa shape index (κ1) is 56.4. The van der Waals surface area contributed by atoms with Gasteiger partial charge in [0.05, 0.1) is 38.4 Å². The van der Waals surface area contributed by atoms with E-state index in [4.69, 9.17) is 13.9 Å². The van der Waals surface area contributed by atoms with E-state index in [-0.39, 0.29) is 62.6 Å². The molecule has 3 aliphatic rings. The van der Waals surface area contributed by atoms with Gasteiger partial charge in [0.1, 0.15) is 24.7 Å². The summed E-state index contributed by atoms with van der Waals surface area (Å²) < 4.78 is 15.9. The number of nitrogens with zero attached hydrogens (tertiary/aromatic N) is 4. The fraction of sp³-hybridized carbons (Fsp3) is 0.357. The number of benzene rings is 4. The van der Waals surface area contributed by atoms with E-state index in [0.717, 1.165) is 16.8 Å². The van der Waals surface area contributed by atoms with Crippen molar-refractivity contribution in [1.82, 2.24) is 36.0 Å². The first-order valence-electron chi connectivity index (χ1n) is 26.2. The lowest BCUT2D eigenvalue weighted by molar-refractivity contribution is -0.135. The number of hydrogen-bond donors (Lipinski definition) is 8. The fourth-order valence-electron chi connectivity index (χ4n) is 9.19. The van der Waals surface area contributed by atoms with Gasteiger partial charge in [-0.25, -0.2) is 9.59 Å². The summed E-state index contributed by atoms with van der Waals surface area (Å²) in [6.07, 6.45) is -0.155. The number of piperazine rings is 2. The Labute approximate surface area is 456 Å². The van der Waals surface area contributed by atoms with Crippen LogP contribution in [0, 0.1) is 0 Å². The van der Waals surface area contributed by atoms with Gasteiger partial charge in [-0.2, -0.15) is 0 Å².